The zero-order chi connectivity index (χ0) is 17.8. The molecule has 1 aliphatic rings. The molecule has 0 aromatic heterocycles. The Bertz CT molecular complexity index is 772. The second-order valence-electron chi connectivity index (χ2n) is 5.81. The SMILES string of the molecule is COc1ccc(OCC(=O)N2Cc3ccccc3CC2C(=O)O)cc1. The van der Waals surface area contributed by atoms with E-state index >= 15 is 0 Å². The van der Waals surface area contributed by atoms with Crippen LogP contribution in [-0.2, 0) is 22.6 Å². The Hall–Kier alpha value is -3.02. The summed E-state index contributed by atoms with van der Waals surface area (Å²) in [4.78, 5) is 25.5. The maximum Gasteiger partial charge on any atom is 0.326 e. The van der Waals surface area contributed by atoms with Crippen molar-refractivity contribution in [3.05, 3.63) is 59.7 Å². The van der Waals surface area contributed by atoms with Crippen LogP contribution >= 0.6 is 0 Å². The highest BCUT2D eigenvalue weighted by molar-refractivity contribution is 5.85. The number of aliphatic carboxylic acids is 1. The zero-order valence-electron chi connectivity index (χ0n) is 13.8. The highest BCUT2D eigenvalue weighted by atomic mass is 16.5. The number of ether oxygens (including phenoxy) is 2. The lowest BCUT2D eigenvalue weighted by molar-refractivity contribution is -0.152. The minimum Gasteiger partial charge on any atom is -0.497 e. The predicted molar refractivity (Wildman–Crippen MR) is 90.6 cm³/mol. The van der Waals surface area contributed by atoms with Crippen molar-refractivity contribution < 1.29 is 24.2 Å². The van der Waals surface area contributed by atoms with E-state index in [-0.39, 0.29) is 19.1 Å². The lowest BCUT2D eigenvalue weighted by Gasteiger charge is -2.34. The molecule has 0 saturated carbocycles. The number of rotatable bonds is 5. The molecule has 1 N–H and O–H groups in total. The van der Waals surface area contributed by atoms with Gasteiger partial charge in [-0.05, 0) is 35.4 Å². The van der Waals surface area contributed by atoms with E-state index in [2.05, 4.69) is 0 Å². The molecule has 1 heterocycles. The van der Waals surface area contributed by atoms with Crippen LogP contribution in [0.4, 0.5) is 0 Å². The maximum absolute atomic E-state index is 12.5. The molecule has 1 aliphatic heterocycles. The first-order valence-corrected chi connectivity index (χ1v) is 7.94. The van der Waals surface area contributed by atoms with Gasteiger partial charge in [-0.1, -0.05) is 24.3 Å². The summed E-state index contributed by atoms with van der Waals surface area (Å²) >= 11 is 0. The smallest absolute Gasteiger partial charge is 0.326 e. The van der Waals surface area contributed by atoms with Gasteiger partial charge in [0.25, 0.3) is 5.91 Å². The molecule has 1 unspecified atom stereocenters. The summed E-state index contributed by atoms with van der Waals surface area (Å²) in [6, 6.07) is 13.6. The van der Waals surface area contributed by atoms with E-state index in [1.165, 1.54) is 4.90 Å². The molecule has 0 aliphatic carbocycles. The molecular weight excluding hydrogens is 322 g/mol. The third kappa shape index (κ3) is 3.74. The van der Waals surface area contributed by atoms with Crippen molar-refractivity contribution >= 4 is 11.9 Å². The molecule has 2 aromatic rings. The minimum atomic E-state index is -1.01. The van der Waals surface area contributed by atoms with Gasteiger partial charge in [-0.25, -0.2) is 4.79 Å². The Kier molecular flexibility index (Phi) is 4.88. The van der Waals surface area contributed by atoms with Crippen molar-refractivity contribution in [1.29, 1.82) is 0 Å². The molecule has 1 amide bonds. The molecular formula is C19H19NO5. The summed E-state index contributed by atoms with van der Waals surface area (Å²) in [5, 5.41) is 9.48. The molecule has 25 heavy (non-hydrogen) atoms. The van der Waals surface area contributed by atoms with E-state index in [4.69, 9.17) is 9.47 Å². The number of hydrogen-bond donors (Lipinski definition) is 1. The fraction of sp³-hybridized carbons (Fsp3) is 0.263. The van der Waals surface area contributed by atoms with Gasteiger partial charge in [0.1, 0.15) is 17.5 Å². The highest BCUT2D eigenvalue weighted by Crippen LogP contribution is 2.24. The molecule has 2 aromatic carbocycles. The number of hydrogen-bond acceptors (Lipinski definition) is 4. The molecule has 6 heteroatoms. The van der Waals surface area contributed by atoms with Crippen molar-refractivity contribution in [1.82, 2.24) is 4.90 Å². The normalized spacial score (nSPS) is 16.0. The lowest BCUT2D eigenvalue weighted by Crippen LogP contribution is -2.50. The van der Waals surface area contributed by atoms with E-state index in [0.29, 0.717) is 17.9 Å². The number of carbonyl (C=O) groups is 2. The third-order valence-corrected chi connectivity index (χ3v) is 4.28. The monoisotopic (exact) mass is 341 g/mol. The van der Waals surface area contributed by atoms with E-state index in [1.807, 2.05) is 24.3 Å². The van der Waals surface area contributed by atoms with E-state index in [9.17, 15) is 14.7 Å². The first kappa shape index (κ1) is 16.8. The van der Waals surface area contributed by atoms with Gasteiger partial charge in [0, 0.05) is 13.0 Å². The van der Waals surface area contributed by atoms with Crippen LogP contribution in [0.25, 0.3) is 0 Å². The summed E-state index contributed by atoms with van der Waals surface area (Å²) in [5.41, 5.74) is 1.94. The third-order valence-electron chi connectivity index (χ3n) is 4.28. The molecule has 130 valence electrons. The van der Waals surface area contributed by atoms with Crippen LogP contribution in [0.15, 0.2) is 48.5 Å². The van der Waals surface area contributed by atoms with Crippen LogP contribution in [0.2, 0.25) is 0 Å². The number of carbonyl (C=O) groups excluding carboxylic acids is 1. The van der Waals surface area contributed by atoms with Crippen molar-refractivity contribution in [2.24, 2.45) is 0 Å². The quantitative estimate of drug-likeness (QED) is 0.901. The Morgan fingerprint density at radius 2 is 1.72 bits per heavy atom. The number of nitrogens with zero attached hydrogens (tertiary/aromatic N) is 1. The van der Waals surface area contributed by atoms with Gasteiger partial charge < -0.3 is 19.5 Å². The van der Waals surface area contributed by atoms with Crippen LogP contribution in [0, 0.1) is 0 Å². The van der Waals surface area contributed by atoms with Gasteiger partial charge in [-0.2, -0.15) is 0 Å². The fourth-order valence-corrected chi connectivity index (χ4v) is 2.91. The maximum atomic E-state index is 12.5. The Morgan fingerprint density at radius 3 is 2.36 bits per heavy atom. The summed E-state index contributed by atoms with van der Waals surface area (Å²) in [7, 11) is 1.57. The molecule has 0 bridgehead atoms. The Morgan fingerprint density at radius 1 is 1.08 bits per heavy atom. The predicted octanol–water partition coefficient (Wildman–Crippen LogP) is 2.11. The molecule has 0 radical (unpaired) electrons. The van der Waals surface area contributed by atoms with E-state index in [0.717, 1.165) is 11.1 Å². The van der Waals surface area contributed by atoms with Crippen LogP contribution in [0.3, 0.4) is 0 Å². The van der Waals surface area contributed by atoms with E-state index in [1.54, 1.807) is 31.4 Å². The topological polar surface area (TPSA) is 76.1 Å². The molecule has 0 saturated heterocycles. The second kappa shape index (κ2) is 7.25. The van der Waals surface area contributed by atoms with Gasteiger partial charge in [0.15, 0.2) is 6.61 Å². The average molecular weight is 341 g/mol. The lowest BCUT2D eigenvalue weighted by atomic mass is 9.94. The molecule has 0 fully saturated rings. The van der Waals surface area contributed by atoms with Crippen molar-refractivity contribution in [3.8, 4) is 11.5 Å². The first-order valence-electron chi connectivity index (χ1n) is 7.94. The average Bonchev–Trinajstić information content (AvgIpc) is 2.65. The summed E-state index contributed by atoms with van der Waals surface area (Å²) in [6.45, 7) is 0.0657. The van der Waals surface area contributed by atoms with Crippen molar-refractivity contribution in [3.63, 3.8) is 0 Å². The zero-order valence-corrected chi connectivity index (χ0v) is 13.8. The number of carboxylic acid groups (broad SMARTS) is 1. The Labute approximate surface area is 145 Å². The van der Waals surface area contributed by atoms with Gasteiger partial charge in [-0.15, -0.1) is 0 Å². The number of methoxy groups -OCH3 is 1. The fourth-order valence-electron chi connectivity index (χ4n) is 2.91. The highest BCUT2D eigenvalue weighted by Gasteiger charge is 2.34. The largest absolute Gasteiger partial charge is 0.497 e. The minimum absolute atomic E-state index is 0.210. The van der Waals surface area contributed by atoms with Gasteiger partial charge in [0.05, 0.1) is 7.11 Å². The molecule has 1 atom stereocenters. The van der Waals surface area contributed by atoms with Gasteiger partial charge in [0.2, 0.25) is 0 Å². The van der Waals surface area contributed by atoms with Crippen LogP contribution < -0.4 is 9.47 Å². The van der Waals surface area contributed by atoms with Crippen LogP contribution in [-0.4, -0.2) is 41.6 Å². The van der Waals surface area contributed by atoms with Crippen LogP contribution in [0.5, 0.6) is 11.5 Å². The standard InChI is InChI=1S/C19H19NO5/c1-24-15-6-8-16(9-7-15)25-12-18(21)20-11-14-5-3-2-4-13(14)10-17(20)19(22)23/h2-9,17H,10-12H2,1H3,(H,22,23). The molecule has 0 spiro atoms. The van der Waals surface area contributed by atoms with Gasteiger partial charge in [-0.3, -0.25) is 4.79 Å². The van der Waals surface area contributed by atoms with Crippen molar-refractivity contribution in [2.45, 2.75) is 19.0 Å². The number of carboxylic acids is 1. The number of fused-ring (bicyclic) bond motifs is 1. The molecule has 6 nitrogen and oxygen atoms in total. The first-order chi connectivity index (χ1) is 12.1. The Balaban J connectivity index is 1.70. The second-order valence-corrected chi connectivity index (χ2v) is 5.81. The van der Waals surface area contributed by atoms with Gasteiger partial charge >= 0.3 is 5.97 Å². The number of benzene rings is 2. The van der Waals surface area contributed by atoms with E-state index < -0.39 is 12.0 Å². The molecule has 3 rings (SSSR count). The summed E-state index contributed by atoms with van der Waals surface area (Å²) in [5.74, 6) is -0.138. The summed E-state index contributed by atoms with van der Waals surface area (Å²) < 4.78 is 10.6. The van der Waals surface area contributed by atoms with Crippen LogP contribution in [0.1, 0.15) is 11.1 Å². The summed E-state index contributed by atoms with van der Waals surface area (Å²) in [6.07, 6.45) is 0.305. The van der Waals surface area contributed by atoms with Crippen molar-refractivity contribution in [2.75, 3.05) is 13.7 Å². The number of amides is 1.